The van der Waals surface area contributed by atoms with Crippen LogP contribution in [0.5, 0.6) is 0 Å². The highest BCUT2D eigenvalue weighted by molar-refractivity contribution is 5.38. The van der Waals surface area contributed by atoms with Gasteiger partial charge in [-0.3, -0.25) is 4.79 Å². The summed E-state index contributed by atoms with van der Waals surface area (Å²) in [7, 11) is 0. The van der Waals surface area contributed by atoms with Gasteiger partial charge in [-0.1, -0.05) is 40.0 Å². The second kappa shape index (κ2) is 9.38. The van der Waals surface area contributed by atoms with Crippen LogP contribution >= 0.6 is 0 Å². The molecule has 0 aliphatic heterocycles. The number of aliphatic hydroxyl groups is 1. The standard InChI is InChI=1S/C17H34O3/c1-16(2,3)12-8-6-10-15(19)11-7-9-13-17(4,5)20-14-18/h14-15,19H,6-13H2,1-5H3. The second-order valence-electron chi connectivity index (χ2n) is 7.68. The topological polar surface area (TPSA) is 46.5 Å². The SMILES string of the molecule is CC(C)(C)CCCCC(O)CCCCC(C)(C)OC=O. The Kier molecular flexibility index (Phi) is 9.11. The molecule has 0 rings (SSSR count). The lowest BCUT2D eigenvalue weighted by Gasteiger charge is -2.22. The molecule has 0 aliphatic rings. The third-order valence-electron chi connectivity index (χ3n) is 3.65. The van der Waals surface area contributed by atoms with E-state index in [1.165, 1.54) is 12.8 Å². The summed E-state index contributed by atoms with van der Waals surface area (Å²) >= 11 is 0. The van der Waals surface area contributed by atoms with Crippen molar-refractivity contribution < 1.29 is 14.6 Å². The van der Waals surface area contributed by atoms with Gasteiger partial charge in [-0.05, 0) is 51.4 Å². The van der Waals surface area contributed by atoms with E-state index >= 15 is 0 Å². The second-order valence-corrected chi connectivity index (χ2v) is 7.68. The van der Waals surface area contributed by atoms with Crippen molar-refractivity contribution >= 4 is 6.47 Å². The first-order chi connectivity index (χ1) is 9.16. The monoisotopic (exact) mass is 286 g/mol. The van der Waals surface area contributed by atoms with E-state index in [4.69, 9.17) is 4.74 Å². The third-order valence-corrected chi connectivity index (χ3v) is 3.65. The lowest BCUT2D eigenvalue weighted by molar-refractivity contribution is -0.140. The minimum absolute atomic E-state index is 0.176. The predicted octanol–water partition coefficient (Wildman–Crippen LogP) is 4.47. The van der Waals surface area contributed by atoms with Crippen LogP contribution in [0.25, 0.3) is 0 Å². The molecule has 0 amide bonds. The molecule has 0 bridgehead atoms. The van der Waals surface area contributed by atoms with Gasteiger partial charge in [-0.15, -0.1) is 0 Å². The summed E-state index contributed by atoms with van der Waals surface area (Å²) in [6.07, 6.45) is 7.94. The van der Waals surface area contributed by atoms with E-state index in [0.717, 1.165) is 38.5 Å². The van der Waals surface area contributed by atoms with Gasteiger partial charge in [0.25, 0.3) is 6.47 Å². The molecule has 3 nitrogen and oxygen atoms in total. The van der Waals surface area contributed by atoms with Gasteiger partial charge in [0.15, 0.2) is 0 Å². The van der Waals surface area contributed by atoms with Crippen molar-refractivity contribution in [2.24, 2.45) is 5.41 Å². The van der Waals surface area contributed by atoms with Crippen molar-refractivity contribution in [1.82, 2.24) is 0 Å². The van der Waals surface area contributed by atoms with Gasteiger partial charge >= 0.3 is 0 Å². The fourth-order valence-corrected chi connectivity index (χ4v) is 2.30. The maximum atomic E-state index is 10.3. The quantitative estimate of drug-likeness (QED) is 0.450. The molecule has 3 heteroatoms. The molecule has 0 heterocycles. The number of carbonyl (C=O) groups excluding carboxylic acids is 1. The minimum atomic E-state index is -0.376. The van der Waals surface area contributed by atoms with Gasteiger partial charge < -0.3 is 9.84 Å². The van der Waals surface area contributed by atoms with Crippen LogP contribution in [0.4, 0.5) is 0 Å². The van der Waals surface area contributed by atoms with Crippen LogP contribution in [0, 0.1) is 5.41 Å². The van der Waals surface area contributed by atoms with Crippen LogP contribution in [-0.2, 0) is 9.53 Å². The number of rotatable bonds is 11. The smallest absolute Gasteiger partial charge is 0.293 e. The number of aliphatic hydroxyl groups excluding tert-OH is 1. The summed E-state index contributed by atoms with van der Waals surface area (Å²) in [5.41, 5.74) is 0.0223. The van der Waals surface area contributed by atoms with Crippen LogP contribution in [0.1, 0.15) is 86.0 Å². The predicted molar refractivity (Wildman–Crippen MR) is 83.6 cm³/mol. The maximum Gasteiger partial charge on any atom is 0.293 e. The van der Waals surface area contributed by atoms with Gasteiger partial charge in [0.2, 0.25) is 0 Å². The van der Waals surface area contributed by atoms with Crippen molar-refractivity contribution in [2.45, 2.75) is 97.7 Å². The zero-order chi connectivity index (χ0) is 15.6. The van der Waals surface area contributed by atoms with Crippen molar-refractivity contribution in [3.05, 3.63) is 0 Å². The number of unbranched alkanes of at least 4 members (excludes halogenated alkanes) is 2. The summed E-state index contributed by atoms with van der Waals surface area (Å²) in [6.45, 7) is 11.1. The summed E-state index contributed by atoms with van der Waals surface area (Å²) in [5.74, 6) is 0. The van der Waals surface area contributed by atoms with Gasteiger partial charge in [0.05, 0.1) is 6.10 Å². The average molecular weight is 286 g/mol. The molecule has 0 aromatic rings. The first-order valence-corrected chi connectivity index (χ1v) is 7.96. The highest BCUT2D eigenvalue weighted by atomic mass is 16.5. The molecule has 1 N–H and O–H groups in total. The van der Waals surface area contributed by atoms with Crippen molar-refractivity contribution in [2.75, 3.05) is 0 Å². The number of hydrogen-bond acceptors (Lipinski definition) is 3. The summed E-state index contributed by atoms with van der Waals surface area (Å²) in [4.78, 5) is 10.3. The fraction of sp³-hybridized carbons (Fsp3) is 0.941. The molecule has 1 atom stereocenters. The van der Waals surface area contributed by atoms with Crippen molar-refractivity contribution in [3.8, 4) is 0 Å². The molecule has 120 valence electrons. The molecular formula is C17H34O3. The first kappa shape index (κ1) is 19.4. The van der Waals surface area contributed by atoms with Crippen molar-refractivity contribution in [3.63, 3.8) is 0 Å². The highest BCUT2D eigenvalue weighted by Gasteiger charge is 2.18. The molecule has 1 unspecified atom stereocenters. The molecule has 0 fully saturated rings. The van der Waals surface area contributed by atoms with Crippen LogP contribution in [-0.4, -0.2) is 23.3 Å². The highest BCUT2D eigenvalue weighted by Crippen LogP contribution is 2.23. The Bertz CT molecular complexity index is 253. The van der Waals surface area contributed by atoms with Gasteiger partial charge in [-0.25, -0.2) is 0 Å². The molecule has 0 saturated heterocycles. The van der Waals surface area contributed by atoms with Gasteiger partial charge in [0.1, 0.15) is 5.60 Å². The Morgan fingerprint density at radius 1 is 0.950 bits per heavy atom. The summed E-state index contributed by atoms with van der Waals surface area (Å²) < 4.78 is 5.00. The van der Waals surface area contributed by atoms with E-state index in [1.54, 1.807) is 0 Å². The molecule has 20 heavy (non-hydrogen) atoms. The number of carbonyl (C=O) groups is 1. The minimum Gasteiger partial charge on any atom is -0.462 e. The van der Waals surface area contributed by atoms with Gasteiger partial charge in [-0.2, -0.15) is 0 Å². The van der Waals surface area contributed by atoms with Crippen molar-refractivity contribution in [1.29, 1.82) is 0 Å². The zero-order valence-corrected chi connectivity index (χ0v) is 14.1. The third kappa shape index (κ3) is 12.5. The van der Waals surface area contributed by atoms with E-state index < -0.39 is 0 Å². The maximum absolute atomic E-state index is 10.3. The Labute approximate surface area is 125 Å². The van der Waals surface area contributed by atoms with E-state index in [2.05, 4.69) is 20.8 Å². The van der Waals surface area contributed by atoms with E-state index in [9.17, 15) is 9.90 Å². The number of ether oxygens (including phenoxy) is 1. The Balaban J connectivity index is 3.54. The summed E-state index contributed by atoms with van der Waals surface area (Å²) in [5, 5.41) is 9.92. The van der Waals surface area contributed by atoms with Crippen LogP contribution in [0.3, 0.4) is 0 Å². The first-order valence-electron chi connectivity index (χ1n) is 7.96. The van der Waals surface area contributed by atoms with Crippen LogP contribution < -0.4 is 0 Å². The summed E-state index contributed by atoms with van der Waals surface area (Å²) in [6, 6.07) is 0. The Hall–Kier alpha value is -0.570. The van der Waals surface area contributed by atoms with E-state index in [-0.39, 0.29) is 11.7 Å². The lowest BCUT2D eigenvalue weighted by atomic mass is 9.89. The van der Waals surface area contributed by atoms with E-state index in [1.807, 2.05) is 13.8 Å². The molecular weight excluding hydrogens is 252 g/mol. The molecule has 0 spiro atoms. The normalized spacial score (nSPS) is 14.1. The van der Waals surface area contributed by atoms with Crippen LogP contribution in [0.15, 0.2) is 0 Å². The van der Waals surface area contributed by atoms with Crippen LogP contribution in [0.2, 0.25) is 0 Å². The lowest BCUT2D eigenvalue weighted by Crippen LogP contribution is -2.23. The molecule has 0 aromatic carbocycles. The zero-order valence-electron chi connectivity index (χ0n) is 14.1. The van der Waals surface area contributed by atoms with E-state index in [0.29, 0.717) is 11.9 Å². The average Bonchev–Trinajstić information content (AvgIpc) is 2.29. The Morgan fingerprint density at radius 3 is 1.90 bits per heavy atom. The van der Waals surface area contributed by atoms with Gasteiger partial charge in [0, 0.05) is 0 Å². The fourth-order valence-electron chi connectivity index (χ4n) is 2.30. The molecule has 0 aliphatic carbocycles. The molecule has 0 aromatic heterocycles. The molecule has 0 saturated carbocycles. The Morgan fingerprint density at radius 2 is 1.45 bits per heavy atom. The molecule has 0 radical (unpaired) electrons. The largest absolute Gasteiger partial charge is 0.462 e. The number of hydrogen-bond donors (Lipinski definition) is 1.